The van der Waals surface area contributed by atoms with E-state index in [2.05, 4.69) is 23.3 Å². The molecule has 0 unspecified atom stereocenters. The van der Waals surface area contributed by atoms with Gasteiger partial charge in [0.25, 0.3) is 0 Å². The van der Waals surface area contributed by atoms with Gasteiger partial charge in [0.2, 0.25) is 0 Å². The second-order valence-corrected chi connectivity index (χ2v) is 0. The third-order valence-corrected chi connectivity index (χ3v) is 0. The van der Waals surface area contributed by atoms with Gasteiger partial charge in [-0.25, -0.2) is 0 Å². The molecule has 14 valence electrons. The SMILES string of the molecule is [S-][S-].[V+5].[Zn+2]. The summed E-state index contributed by atoms with van der Waals surface area (Å²) in [5.41, 5.74) is 0. The van der Waals surface area contributed by atoms with Crippen LogP contribution < -0.4 is 0 Å². The van der Waals surface area contributed by atoms with Crippen LogP contribution in [0.15, 0.2) is 0 Å². The van der Waals surface area contributed by atoms with E-state index in [0.29, 0.717) is 0 Å². The predicted molar refractivity (Wildman–Crippen MR) is 14.7 cm³/mol. The standard InChI is InChI=1S/S2.V.Zn/c1-2;;/q-2;+5;+2. The molecule has 4 heteroatoms. The van der Waals surface area contributed by atoms with Gasteiger partial charge >= 0.3 is 38.0 Å². The molecule has 0 amide bonds. The number of hydrogen-bond donors (Lipinski definition) is 0. The predicted octanol–water partition coefficient (Wildman–Crippen LogP) is -0.00980. The van der Waals surface area contributed by atoms with Gasteiger partial charge < -0.3 is 23.3 Å². The van der Waals surface area contributed by atoms with Crippen molar-refractivity contribution in [3.05, 3.63) is 0 Å². The van der Waals surface area contributed by atoms with Crippen molar-refractivity contribution in [2.24, 2.45) is 0 Å². The van der Waals surface area contributed by atoms with Gasteiger partial charge in [0.15, 0.2) is 0 Å². The molecule has 0 aromatic heterocycles. The van der Waals surface area contributed by atoms with E-state index in [1.165, 1.54) is 0 Å². The molecule has 0 aromatic rings. The van der Waals surface area contributed by atoms with Crippen molar-refractivity contribution in [2.45, 2.75) is 0 Å². The summed E-state index contributed by atoms with van der Waals surface area (Å²) in [5.74, 6) is 0. The maximum atomic E-state index is 3.67. The van der Waals surface area contributed by atoms with Crippen molar-refractivity contribution in [2.75, 3.05) is 0 Å². The van der Waals surface area contributed by atoms with Crippen molar-refractivity contribution >= 4 is 23.3 Å². The fourth-order valence-corrected chi connectivity index (χ4v) is 0. The van der Waals surface area contributed by atoms with Crippen LogP contribution in [0.3, 0.4) is 0 Å². The second-order valence-electron chi connectivity index (χ2n) is 0. The Balaban J connectivity index is -0.00000000500. The van der Waals surface area contributed by atoms with Crippen LogP contribution in [0.1, 0.15) is 0 Å². The van der Waals surface area contributed by atoms with E-state index in [4.69, 9.17) is 0 Å². The van der Waals surface area contributed by atoms with Crippen molar-refractivity contribution in [3.8, 4) is 0 Å². The van der Waals surface area contributed by atoms with Crippen LogP contribution in [0.4, 0.5) is 0 Å². The minimum absolute atomic E-state index is 0. The van der Waals surface area contributed by atoms with Crippen molar-refractivity contribution in [1.82, 2.24) is 0 Å². The second kappa shape index (κ2) is 20.6. The van der Waals surface area contributed by atoms with E-state index in [-0.39, 0.29) is 38.0 Å². The Morgan fingerprint density at radius 1 is 1.00 bits per heavy atom. The van der Waals surface area contributed by atoms with Gasteiger partial charge in [-0.3, -0.25) is 0 Å². The first-order valence-electron chi connectivity index (χ1n) is 0.167. The molecule has 0 atom stereocenters. The van der Waals surface area contributed by atoms with E-state index in [0.717, 1.165) is 0 Å². The molecule has 4 heavy (non-hydrogen) atoms. The summed E-state index contributed by atoms with van der Waals surface area (Å²) in [6, 6.07) is 0. The molecular formula is S2VZn+5. The van der Waals surface area contributed by atoms with Crippen LogP contribution in [0, 0.1) is 0 Å². The van der Waals surface area contributed by atoms with Crippen LogP contribution in [-0.4, -0.2) is 0 Å². The zero-order valence-electron chi connectivity index (χ0n) is 1.97. The van der Waals surface area contributed by atoms with Crippen LogP contribution in [0.2, 0.25) is 0 Å². The van der Waals surface area contributed by atoms with Gasteiger partial charge in [0.05, 0.1) is 0 Å². The average Bonchev–Trinajstić information content (AvgIpc) is 1.00. The minimum atomic E-state index is 0. The van der Waals surface area contributed by atoms with E-state index < -0.39 is 0 Å². The topological polar surface area (TPSA) is 0 Å². The zero-order valence-corrected chi connectivity index (χ0v) is 7.97. The molecule has 0 saturated heterocycles. The Morgan fingerprint density at radius 3 is 1.00 bits per heavy atom. The van der Waals surface area contributed by atoms with E-state index in [1.807, 2.05) is 0 Å². The molecule has 0 heterocycles. The normalized spacial score (nSPS) is 1.50. The molecule has 0 N–H and O–H groups in total. The molecule has 0 saturated carbocycles. The third kappa shape index (κ3) is 9.08. The summed E-state index contributed by atoms with van der Waals surface area (Å²) < 4.78 is 0. The monoisotopic (exact) mass is 179 g/mol. The minimum Gasteiger partial charge on any atom is -1.00 e. The summed E-state index contributed by atoms with van der Waals surface area (Å²) in [6.45, 7) is 0. The number of rotatable bonds is 0. The number of hydrogen-bond acceptors (Lipinski definition) is 2. The van der Waals surface area contributed by atoms with Crippen molar-refractivity contribution in [1.29, 1.82) is 0 Å². The molecule has 0 nitrogen and oxygen atoms in total. The van der Waals surface area contributed by atoms with Crippen molar-refractivity contribution in [3.63, 3.8) is 0 Å². The maximum absolute atomic E-state index is 3.67. The molecule has 0 aliphatic carbocycles. The molecule has 0 rings (SSSR count). The van der Waals surface area contributed by atoms with Crippen LogP contribution >= 0.6 is 0 Å². The quantitative estimate of drug-likeness (QED) is 0.292. The smallest absolute Gasteiger partial charge is 1.00 e. The van der Waals surface area contributed by atoms with Crippen LogP contribution in [0.5, 0.6) is 0 Å². The Hall–Kier alpha value is 1.91. The molecule has 0 spiro atoms. The largest absolute Gasteiger partial charge is 5.00 e. The van der Waals surface area contributed by atoms with Gasteiger partial charge in [-0.2, -0.15) is 0 Å². The Labute approximate surface area is 61.0 Å². The van der Waals surface area contributed by atoms with E-state index in [9.17, 15) is 0 Å². The first kappa shape index (κ1) is 16.8. The Kier molecular flexibility index (Phi) is 86.6. The molecule has 0 aromatic carbocycles. The summed E-state index contributed by atoms with van der Waals surface area (Å²) in [5, 5.41) is 0. The Bertz CT molecular complexity index is 6.00. The fourth-order valence-electron chi connectivity index (χ4n) is 0. The van der Waals surface area contributed by atoms with Gasteiger partial charge in [-0.1, -0.05) is 0 Å². The zero-order chi connectivity index (χ0) is 2.00. The summed E-state index contributed by atoms with van der Waals surface area (Å²) in [6.07, 6.45) is 0. The molecule has 0 radical (unpaired) electrons. The fraction of sp³-hybridized carbons (Fsp3) is 0. The molecule has 0 aliphatic rings. The van der Waals surface area contributed by atoms with Crippen LogP contribution in [0.25, 0.3) is 0 Å². The molecule has 0 bridgehead atoms. The Morgan fingerprint density at radius 2 is 1.00 bits per heavy atom. The first-order valence-corrected chi connectivity index (χ1v) is 1.50. The molecule has 0 aliphatic heterocycles. The van der Waals surface area contributed by atoms with E-state index in [1.54, 1.807) is 0 Å². The first-order chi connectivity index (χ1) is 1.00. The van der Waals surface area contributed by atoms with Gasteiger partial charge in [-0.05, 0) is 0 Å². The van der Waals surface area contributed by atoms with Crippen LogP contribution in [-0.2, 0) is 61.4 Å². The average molecular weight is 180 g/mol. The third-order valence-electron chi connectivity index (χ3n) is 0. The molecular weight excluding hydrogens is 180 g/mol. The summed E-state index contributed by atoms with van der Waals surface area (Å²) in [7, 11) is 0. The van der Waals surface area contributed by atoms with Gasteiger partial charge in [0.1, 0.15) is 0 Å². The summed E-state index contributed by atoms with van der Waals surface area (Å²) in [4.78, 5) is 0. The van der Waals surface area contributed by atoms with Gasteiger partial charge in [-0.15, -0.1) is 0 Å². The van der Waals surface area contributed by atoms with Crippen molar-refractivity contribution < 1.29 is 38.0 Å². The summed E-state index contributed by atoms with van der Waals surface area (Å²) >= 11 is 7.33. The van der Waals surface area contributed by atoms with E-state index >= 15 is 0 Å². The maximum Gasteiger partial charge on any atom is 5.00 e. The van der Waals surface area contributed by atoms with Gasteiger partial charge in [0, 0.05) is 0 Å². The molecule has 0 fully saturated rings.